The van der Waals surface area contributed by atoms with Gasteiger partial charge in [0.1, 0.15) is 5.52 Å². The summed E-state index contributed by atoms with van der Waals surface area (Å²) >= 11 is 0. The number of sulfone groups is 1. The zero-order chi connectivity index (χ0) is 13.7. The molecule has 0 amide bonds. The van der Waals surface area contributed by atoms with E-state index in [0.29, 0.717) is 12.3 Å². The summed E-state index contributed by atoms with van der Waals surface area (Å²) in [4.78, 5) is 4.51. The number of nitrogens with one attached hydrogen (secondary N) is 1. The summed E-state index contributed by atoms with van der Waals surface area (Å²) < 4.78 is 28.6. The van der Waals surface area contributed by atoms with Gasteiger partial charge in [-0.25, -0.2) is 13.4 Å². The molecule has 6 heteroatoms. The Balaban J connectivity index is 1.57. The van der Waals surface area contributed by atoms with Crippen LogP contribution in [-0.2, 0) is 9.84 Å². The Hall–Kier alpha value is -1.56. The first-order valence-electron chi connectivity index (χ1n) is 6.96. The van der Waals surface area contributed by atoms with E-state index in [1.54, 1.807) is 0 Å². The van der Waals surface area contributed by atoms with E-state index in [0.717, 1.165) is 35.5 Å². The van der Waals surface area contributed by atoms with Crippen molar-refractivity contribution in [1.29, 1.82) is 0 Å². The average molecular weight is 292 g/mol. The Morgan fingerprint density at radius 3 is 2.80 bits per heavy atom. The van der Waals surface area contributed by atoms with Gasteiger partial charge in [0.25, 0.3) is 0 Å². The fraction of sp³-hybridized carbons (Fsp3) is 0.500. The minimum absolute atomic E-state index is 0.00672. The maximum atomic E-state index is 11.5. The quantitative estimate of drug-likeness (QED) is 0.939. The molecule has 1 unspecified atom stereocenters. The molecule has 2 aromatic rings. The van der Waals surface area contributed by atoms with Crippen molar-refractivity contribution >= 4 is 26.6 Å². The van der Waals surface area contributed by atoms with Crippen molar-refractivity contribution in [1.82, 2.24) is 4.98 Å². The van der Waals surface area contributed by atoms with Crippen LogP contribution in [0, 0.1) is 0 Å². The van der Waals surface area contributed by atoms with E-state index >= 15 is 0 Å². The average Bonchev–Trinajstić information content (AvgIpc) is 3.07. The lowest BCUT2D eigenvalue weighted by Gasteiger charge is -2.11. The molecule has 1 aliphatic carbocycles. The maximum absolute atomic E-state index is 11.5. The van der Waals surface area contributed by atoms with Gasteiger partial charge in [0.2, 0.25) is 0 Å². The van der Waals surface area contributed by atoms with E-state index in [2.05, 4.69) is 10.3 Å². The number of hydrogen-bond acceptors (Lipinski definition) is 5. The van der Waals surface area contributed by atoms with Gasteiger partial charge in [-0.15, -0.1) is 0 Å². The van der Waals surface area contributed by atoms with Gasteiger partial charge in [-0.3, -0.25) is 0 Å². The van der Waals surface area contributed by atoms with Crippen molar-refractivity contribution in [2.75, 3.05) is 16.8 Å². The molecule has 1 aromatic heterocycles. The van der Waals surface area contributed by atoms with Crippen LogP contribution < -0.4 is 5.32 Å². The lowest BCUT2D eigenvalue weighted by molar-refractivity contribution is 0.533. The van der Waals surface area contributed by atoms with E-state index in [4.69, 9.17) is 4.42 Å². The highest BCUT2D eigenvalue weighted by atomic mass is 32.2. The molecule has 1 atom stereocenters. The van der Waals surface area contributed by atoms with Crippen molar-refractivity contribution < 1.29 is 12.8 Å². The second-order valence-electron chi connectivity index (χ2n) is 5.75. The third kappa shape index (κ3) is 2.28. The van der Waals surface area contributed by atoms with Crippen LogP contribution in [0.5, 0.6) is 0 Å². The molecule has 1 saturated heterocycles. The monoisotopic (exact) mass is 292 g/mol. The molecule has 2 heterocycles. The normalized spacial score (nSPS) is 25.1. The van der Waals surface area contributed by atoms with Crippen molar-refractivity contribution in [3.05, 3.63) is 24.1 Å². The van der Waals surface area contributed by atoms with Gasteiger partial charge in [0.15, 0.2) is 21.3 Å². The fourth-order valence-electron chi connectivity index (χ4n) is 2.68. The molecule has 0 spiro atoms. The first-order valence-corrected chi connectivity index (χ1v) is 8.79. The standard InChI is InChI=1S/C14H16N2O3S/c17-20(18)6-5-11(8-20)15-10-3-4-13-12(7-10)16-14(19-13)9-1-2-9/h3-4,7,9,11,15H,1-2,5-6,8H2. The van der Waals surface area contributed by atoms with Crippen molar-refractivity contribution in [3.63, 3.8) is 0 Å². The molecule has 1 N–H and O–H groups in total. The SMILES string of the molecule is O=S1(=O)CCC(Nc2ccc3oc(C4CC4)nc3c2)C1. The van der Waals surface area contributed by atoms with Gasteiger partial charge in [-0.2, -0.15) is 0 Å². The van der Waals surface area contributed by atoms with Gasteiger partial charge in [-0.05, 0) is 37.5 Å². The third-order valence-electron chi connectivity index (χ3n) is 3.93. The Morgan fingerprint density at radius 2 is 2.10 bits per heavy atom. The number of anilines is 1. The van der Waals surface area contributed by atoms with Crippen LogP contribution in [0.25, 0.3) is 11.1 Å². The van der Waals surface area contributed by atoms with Crippen LogP contribution in [-0.4, -0.2) is 30.9 Å². The first kappa shape index (κ1) is 12.2. The van der Waals surface area contributed by atoms with Crippen molar-refractivity contribution in [3.8, 4) is 0 Å². The molecule has 1 aromatic carbocycles. The van der Waals surface area contributed by atoms with Crippen LogP contribution in [0.15, 0.2) is 22.6 Å². The number of fused-ring (bicyclic) bond motifs is 1. The number of hydrogen-bond donors (Lipinski definition) is 1. The largest absolute Gasteiger partial charge is 0.440 e. The van der Waals surface area contributed by atoms with Gasteiger partial charge >= 0.3 is 0 Å². The van der Waals surface area contributed by atoms with Crippen LogP contribution in [0.1, 0.15) is 31.1 Å². The van der Waals surface area contributed by atoms with Crippen LogP contribution in [0.4, 0.5) is 5.69 Å². The van der Waals surface area contributed by atoms with Crippen molar-refractivity contribution in [2.24, 2.45) is 0 Å². The molecule has 2 fully saturated rings. The Labute approximate surface area is 117 Å². The molecule has 20 heavy (non-hydrogen) atoms. The molecule has 106 valence electrons. The second-order valence-corrected chi connectivity index (χ2v) is 7.98. The third-order valence-corrected chi connectivity index (χ3v) is 5.70. The highest BCUT2D eigenvalue weighted by molar-refractivity contribution is 7.91. The molecule has 1 aliphatic heterocycles. The predicted molar refractivity (Wildman–Crippen MR) is 76.7 cm³/mol. The number of rotatable bonds is 3. The molecular weight excluding hydrogens is 276 g/mol. The zero-order valence-electron chi connectivity index (χ0n) is 11.0. The number of nitrogens with zero attached hydrogens (tertiary/aromatic N) is 1. The fourth-order valence-corrected chi connectivity index (χ4v) is 4.36. The zero-order valence-corrected chi connectivity index (χ0v) is 11.8. The summed E-state index contributed by atoms with van der Waals surface area (Å²) in [5.74, 6) is 1.83. The Kier molecular flexibility index (Phi) is 2.57. The molecule has 0 radical (unpaired) electrons. The van der Waals surface area contributed by atoms with E-state index in [9.17, 15) is 8.42 Å². The van der Waals surface area contributed by atoms with Gasteiger partial charge in [-0.1, -0.05) is 0 Å². The molecule has 5 nitrogen and oxygen atoms in total. The maximum Gasteiger partial charge on any atom is 0.198 e. The van der Waals surface area contributed by atoms with E-state index < -0.39 is 9.84 Å². The lowest BCUT2D eigenvalue weighted by atomic mass is 10.2. The minimum atomic E-state index is -2.85. The Morgan fingerprint density at radius 1 is 1.25 bits per heavy atom. The summed E-state index contributed by atoms with van der Waals surface area (Å²) in [6.07, 6.45) is 3.00. The number of oxazole rings is 1. The molecule has 0 bridgehead atoms. The topological polar surface area (TPSA) is 72.2 Å². The van der Waals surface area contributed by atoms with Gasteiger partial charge < -0.3 is 9.73 Å². The van der Waals surface area contributed by atoms with Crippen molar-refractivity contribution in [2.45, 2.75) is 31.2 Å². The Bertz CT molecular complexity index is 762. The summed E-state index contributed by atoms with van der Waals surface area (Å²) in [5.41, 5.74) is 2.56. The van der Waals surface area contributed by atoms with Gasteiger partial charge in [0, 0.05) is 17.6 Å². The number of benzene rings is 1. The lowest BCUT2D eigenvalue weighted by Crippen LogP contribution is -2.20. The molecule has 2 aliphatic rings. The van der Waals surface area contributed by atoms with E-state index in [1.165, 1.54) is 0 Å². The van der Waals surface area contributed by atoms with Crippen LogP contribution in [0.3, 0.4) is 0 Å². The van der Waals surface area contributed by atoms with Crippen LogP contribution in [0.2, 0.25) is 0 Å². The molecule has 4 rings (SSSR count). The highest BCUT2D eigenvalue weighted by Crippen LogP contribution is 2.40. The first-order chi connectivity index (χ1) is 9.59. The predicted octanol–water partition coefficient (Wildman–Crippen LogP) is 2.30. The molecule has 1 saturated carbocycles. The summed E-state index contributed by atoms with van der Waals surface area (Å²) in [5, 5.41) is 3.28. The smallest absolute Gasteiger partial charge is 0.198 e. The number of aromatic nitrogens is 1. The highest BCUT2D eigenvalue weighted by Gasteiger charge is 2.29. The molecular formula is C14H16N2O3S. The van der Waals surface area contributed by atoms with E-state index in [1.807, 2.05) is 18.2 Å². The summed E-state index contributed by atoms with van der Waals surface area (Å²) in [7, 11) is -2.85. The minimum Gasteiger partial charge on any atom is -0.440 e. The summed E-state index contributed by atoms with van der Waals surface area (Å²) in [6.45, 7) is 0. The van der Waals surface area contributed by atoms with Gasteiger partial charge in [0.05, 0.1) is 11.5 Å². The second kappa shape index (κ2) is 4.22. The van der Waals surface area contributed by atoms with E-state index in [-0.39, 0.29) is 17.5 Å². The van der Waals surface area contributed by atoms with Crippen LogP contribution >= 0.6 is 0 Å². The summed E-state index contributed by atoms with van der Waals surface area (Å²) in [6, 6.07) is 5.78.